The highest BCUT2D eigenvalue weighted by atomic mass is 16.5. The van der Waals surface area contributed by atoms with E-state index in [9.17, 15) is 9.59 Å². The molecule has 2 N–H and O–H groups in total. The van der Waals surface area contributed by atoms with Crippen LogP contribution in [0.15, 0.2) is 54.7 Å². The fourth-order valence-electron chi connectivity index (χ4n) is 6.33. The molecule has 1 saturated heterocycles. The van der Waals surface area contributed by atoms with E-state index in [0.717, 1.165) is 54.0 Å². The van der Waals surface area contributed by atoms with Crippen LogP contribution in [0.1, 0.15) is 43.2 Å². The molecule has 1 atom stereocenters. The third-order valence-corrected chi connectivity index (χ3v) is 8.57. The second-order valence-electron chi connectivity index (χ2n) is 11.3. The first-order valence-corrected chi connectivity index (χ1v) is 14.7. The molecule has 1 saturated carbocycles. The summed E-state index contributed by atoms with van der Waals surface area (Å²) < 4.78 is 5.49. The molecule has 2 aliphatic rings. The predicted octanol–water partition coefficient (Wildman–Crippen LogP) is 3.81. The zero-order valence-corrected chi connectivity index (χ0v) is 23.9. The maximum Gasteiger partial charge on any atom is 0.245 e. The summed E-state index contributed by atoms with van der Waals surface area (Å²) in [5.41, 5.74) is 2.96. The van der Waals surface area contributed by atoms with Gasteiger partial charge in [0.15, 0.2) is 0 Å². The van der Waals surface area contributed by atoms with Gasteiger partial charge >= 0.3 is 0 Å². The monoisotopic (exact) mass is 545 g/mol. The van der Waals surface area contributed by atoms with Gasteiger partial charge in [-0.25, -0.2) is 0 Å². The van der Waals surface area contributed by atoms with Gasteiger partial charge in [-0.05, 0) is 30.5 Å². The number of hydrogen-bond acceptors (Lipinski definition) is 5. The van der Waals surface area contributed by atoms with Gasteiger partial charge in [0, 0.05) is 74.9 Å². The van der Waals surface area contributed by atoms with Gasteiger partial charge in [-0.3, -0.25) is 19.4 Å². The smallest absolute Gasteiger partial charge is 0.245 e. The zero-order chi connectivity index (χ0) is 27.9. The number of hydrogen-bond donors (Lipinski definition) is 2. The summed E-state index contributed by atoms with van der Waals surface area (Å²) in [4.78, 5) is 36.9. The Kier molecular flexibility index (Phi) is 9.39. The molecule has 1 aliphatic heterocycles. The number of nitrogens with zero attached hydrogens (tertiary/aromatic N) is 3. The fraction of sp³-hybridized carbons (Fsp3) is 0.500. The molecule has 8 nitrogen and oxygen atoms in total. The average molecular weight is 546 g/mol. The Hall–Kier alpha value is -3.36. The van der Waals surface area contributed by atoms with Crippen LogP contribution in [0.5, 0.6) is 5.75 Å². The van der Waals surface area contributed by atoms with E-state index in [4.69, 9.17) is 4.74 Å². The van der Waals surface area contributed by atoms with Gasteiger partial charge in [0.2, 0.25) is 11.8 Å². The Morgan fingerprint density at radius 1 is 1.00 bits per heavy atom. The van der Waals surface area contributed by atoms with Crippen molar-refractivity contribution in [3.8, 4) is 5.75 Å². The molecule has 2 heterocycles. The lowest BCUT2D eigenvalue weighted by Crippen LogP contribution is -2.55. The predicted molar refractivity (Wildman–Crippen MR) is 158 cm³/mol. The van der Waals surface area contributed by atoms with Crippen LogP contribution < -0.4 is 10.1 Å². The molecule has 0 bridgehead atoms. The number of nitrogens with one attached hydrogen (secondary N) is 2. The van der Waals surface area contributed by atoms with E-state index < -0.39 is 6.04 Å². The van der Waals surface area contributed by atoms with Crippen molar-refractivity contribution in [3.05, 3.63) is 65.9 Å². The van der Waals surface area contributed by atoms with Crippen LogP contribution in [-0.4, -0.2) is 90.5 Å². The number of piperazine rings is 1. The maximum atomic E-state index is 13.8. The topological polar surface area (TPSA) is 80.9 Å². The van der Waals surface area contributed by atoms with E-state index in [-0.39, 0.29) is 11.8 Å². The van der Waals surface area contributed by atoms with E-state index in [0.29, 0.717) is 25.6 Å². The van der Waals surface area contributed by atoms with Gasteiger partial charge in [0.25, 0.3) is 0 Å². The van der Waals surface area contributed by atoms with Gasteiger partial charge in [-0.1, -0.05) is 55.7 Å². The summed E-state index contributed by atoms with van der Waals surface area (Å²) in [6, 6.07) is 15.8. The van der Waals surface area contributed by atoms with Crippen LogP contribution in [0, 0.1) is 0 Å². The molecule has 2 fully saturated rings. The molecule has 3 aromatic rings. The molecule has 214 valence electrons. The minimum atomic E-state index is -0.671. The number of amides is 2. The first-order valence-electron chi connectivity index (χ1n) is 14.7. The third kappa shape index (κ3) is 6.85. The number of para-hydroxylation sites is 2. The maximum absolute atomic E-state index is 13.8. The molecular weight excluding hydrogens is 502 g/mol. The Balaban J connectivity index is 1.24. The third-order valence-electron chi connectivity index (χ3n) is 8.57. The fourth-order valence-corrected chi connectivity index (χ4v) is 6.33. The van der Waals surface area contributed by atoms with Gasteiger partial charge < -0.3 is 19.9 Å². The molecular formula is C32H43N5O3. The van der Waals surface area contributed by atoms with Crippen LogP contribution in [0.4, 0.5) is 0 Å². The Labute approximate surface area is 237 Å². The number of aromatic nitrogens is 1. The number of likely N-dealkylation sites (N-methyl/N-ethyl adjacent to an activating group) is 1. The van der Waals surface area contributed by atoms with Gasteiger partial charge in [0.05, 0.1) is 13.7 Å². The van der Waals surface area contributed by atoms with Crippen LogP contribution in [0.25, 0.3) is 10.9 Å². The van der Waals surface area contributed by atoms with Crippen molar-refractivity contribution < 1.29 is 14.3 Å². The number of aromatic amines is 1. The molecule has 8 heteroatoms. The van der Waals surface area contributed by atoms with Gasteiger partial charge in [-0.15, -0.1) is 0 Å². The summed E-state index contributed by atoms with van der Waals surface area (Å²) in [6.07, 6.45) is 9.02. The quantitative estimate of drug-likeness (QED) is 0.405. The number of fused-ring (bicyclic) bond motifs is 1. The molecule has 0 spiro atoms. The minimum absolute atomic E-state index is 0.102. The lowest BCUT2D eigenvalue weighted by molar-refractivity contribution is -0.136. The number of carbonyl (C=O) groups is 2. The van der Waals surface area contributed by atoms with Crippen molar-refractivity contribution in [3.63, 3.8) is 0 Å². The standard InChI is InChI=1S/C32H43N5O3/c1-35(22-24-10-6-9-15-30(24)40-2)32(39)29(20-25-21-33-28-14-8-7-13-27(25)28)34-31(38)23-36-16-18-37(19-17-36)26-11-4-3-5-12-26/h6-10,13-15,21,26,29,33H,3-5,11-12,16-20,22-23H2,1-2H3,(H,34,38). The highest BCUT2D eigenvalue weighted by Crippen LogP contribution is 2.24. The lowest BCUT2D eigenvalue weighted by Gasteiger charge is -2.40. The number of H-pyrrole nitrogens is 1. The first kappa shape index (κ1) is 28.2. The summed E-state index contributed by atoms with van der Waals surface area (Å²) >= 11 is 0. The Morgan fingerprint density at radius 3 is 2.50 bits per heavy atom. The summed E-state index contributed by atoms with van der Waals surface area (Å²) in [5, 5.41) is 4.18. The molecule has 2 amide bonds. The van der Waals surface area contributed by atoms with Crippen LogP contribution in [0.2, 0.25) is 0 Å². The van der Waals surface area contributed by atoms with E-state index in [2.05, 4.69) is 26.2 Å². The molecule has 1 aromatic heterocycles. The number of methoxy groups -OCH3 is 1. The van der Waals surface area contributed by atoms with Crippen LogP contribution in [-0.2, 0) is 22.6 Å². The van der Waals surface area contributed by atoms with Crippen molar-refractivity contribution in [2.24, 2.45) is 0 Å². The van der Waals surface area contributed by atoms with Crippen LogP contribution in [0.3, 0.4) is 0 Å². The zero-order valence-electron chi connectivity index (χ0n) is 23.9. The molecule has 40 heavy (non-hydrogen) atoms. The molecule has 2 aromatic carbocycles. The number of rotatable bonds is 10. The number of ether oxygens (including phenoxy) is 1. The van der Waals surface area contributed by atoms with E-state index >= 15 is 0 Å². The number of benzene rings is 2. The molecule has 1 aliphatic carbocycles. The second-order valence-corrected chi connectivity index (χ2v) is 11.3. The van der Waals surface area contributed by atoms with E-state index in [1.54, 1.807) is 19.1 Å². The van der Waals surface area contributed by atoms with E-state index in [1.807, 2.05) is 48.7 Å². The number of carbonyl (C=O) groups excluding carboxylic acids is 2. The highest BCUT2D eigenvalue weighted by molar-refractivity contribution is 5.90. The van der Waals surface area contributed by atoms with Gasteiger partial charge in [-0.2, -0.15) is 0 Å². The van der Waals surface area contributed by atoms with Crippen LogP contribution >= 0.6 is 0 Å². The van der Waals surface area contributed by atoms with Crippen molar-refractivity contribution >= 4 is 22.7 Å². The average Bonchev–Trinajstić information content (AvgIpc) is 3.40. The van der Waals surface area contributed by atoms with Crippen molar-refractivity contribution in [1.82, 2.24) is 25.0 Å². The Bertz CT molecular complexity index is 1280. The molecule has 0 radical (unpaired) electrons. The Morgan fingerprint density at radius 2 is 1.73 bits per heavy atom. The molecule has 1 unspecified atom stereocenters. The molecule has 5 rings (SSSR count). The summed E-state index contributed by atoms with van der Waals surface area (Å²) in [7, 11) is 3.42. The van der Waals surface area contributed by atoms with Gasteiger partial charge in [0.1, 0.15) is 11.8 Å². The minimum Gasteiger partial charge on any atom is -0.496 e. The first-order chi connectivity index (χ1) is 19.5. The van der Waals surface area contributed by atoms with Crippen molar-refractivity contribution in [2.45, 2.75) is 57.2 Å². The van der Waals surface area contributed by atoms with E-state index in [1.165, 1.54) is 32.1 Å². The largest absolute Gasteiger partial charge is 0.496 e. The van der Waals surface area contributed by atoms with Crippen molar-refractivity contribution in [2.75, 3.05) is 46.9 Å². The highest BCUT2D eigenvalue weighted by Gasteiger charge is 2.29. The normalized spacial score (nSPS) is 17.9. The SMILES string of the molecule is COc1ccccc1CN(C)C(=O)C(Cc1c[nH]c2ccccc12)NC(=O)CN1CCN(C2CCCCC2)CC1. The second kappa shape index (κ2) is 13.3. The summed E-state index contributed by atoms with van der Waals surface area (Å²) in [6.45, 7) is 4.50. The summed E-state index contributed by atoms with van der Waals surface area (Å²) in [5.74, 6) is 0.522. The van der Waals surface area contributed by atoms with Crippen molar-refractivity contribution in [1.29, 1.82) is 0 Å². The lowest BCUT2D eigenvalue weighted by atomic mass is 9.94.